The standard InChI is InChI=1S/C25H18N6O2S/c32-24(19-13-15-26-16-14-19)29-27-17-21-11-12-22(33-21)34-25-30-28-23(18-7-3-1-4-8-18)31(25)20-9-5-2-6-10-20/h1-17H,(H,29,32)/b27-17+. The van der Waals surface area contributed by atoms with Crippen LogP contribution in [0.1, 0.15) is 16.1 Å². The highest BCUT2D eigenvalue weighted by Gasteiger charge is 2.18. The molecule has 0 aliphatic carbocycles. The predicted molar refractivity (Wildman–Crippen MR) is 129 cm³/mol. The molecule has 0 saturated carbocycles. The lowest BCUT2D eigenvalue weighted by Gasteiger charge is -2.09. The highest BCUT2D eigenvalue weighted by atomic mass is 32.2. The number of benzene rings is 2. The first-order valence-electron chi connectivity index (χ1n) is 10.4. The zero-order valence-corrected chi connectivity index (χ0v) is 18.6. The van der Waals surface area contributed by atoms with Crippen molar-refractivity contribution in [2.75, 3.05) is 0 Å². The number of para-hydroxylation sites is 1. The lowest BCUT2D eigenvalue weighted by Crippen LogP contribution is -2.17. The molecule has 3 aromatic heterocycles. The molecule has 2 aromatic carbocycles. The van der Waals surface area contributed by atoms with Crippen molar-refractivity contribution in [2.45, 2.75) is 10.2 Å². The highest BCUT2D eigenvalue weighted by molar-refractivity contribution is 7.99. The van der Waals surface area contributed by atoms with Crippen molar-refractivity contribution in [3.63, 3.8) is 0 Å². The number of hydrogen-bond acceptors (Lipinski definition) is 7. The molecular weight excluding hydrogens is 448 g/mol. The van der Waals surface area contributed by atoms with Crippen molar-refractivity contribution in [2.24, 2.45) is 5.10 Å². The van der Waals surface area contributed by atoms with E-state index in [1.807, 2.05) is 71.3 Å². The maximum absolute atomic E-state index is 12.1. The Morgan fingerprint density at radius 3 is 2.41 bits per heavy atom. The summed E-state index contributed by atoms with van der Waals surface area (Å²) in [5.41, 5.74) is 4.84. The van der Waals surface area contributed by atoms with Crippen molar-refractivity contribution < 1.29 is 9.21 Å². The van der Waals surface area contributed by atoms with Crippen LogP contribution in [0.3, 0.4) is 0 Å². The van der Waals surface area contributed by atoms with Crippen molar-refractivity contribution >= 4 is 23.9 Å². The minimum atomic E-state index is -0.329. The van der Waals surface area contributed by atoms with Gasteiger partial charge >= 0.3 is 0 Å². The summed E-state index contributed by atoms with van der Waals surface area (Å²) in [7, 11) is 0. The topological polar surface area (TPSA) is 98.2 Å². The third kappa shape index (κ3) is 4.79. The summed E-state index contributed by atoms with van der Waals surface area (Å²) in [5, 5.41) is 14.1. The average molecular weight is 467 g/mol. The molecule has 0 saturated heterocycles. The van der Waals surface area contributed by atoms with Crippen LogP contribution in [-0.2, 0) is 0 Å². The molecule has 1 amide bonds. The number of aromatic nitrogens is 4. The van der Waals surface area contributed by atoms with E-state index in [2.05, 4.69) is 25.7 Å². The van der Waals surface area contributed by atoms with Crippen molar-refractivity contribution in [1.29, 1.82) is 0 Å². The molecule has 0 radical (unpaired) electrons. The Balaban J connectivity index is 1.35. The molecule has 166 valence electrons. The molecule has 0 atom stereocenters. The average Bonchev–Trinajstić information content (AvgIpc) is 3.53. The van der Waals surface area contributed by atoms with Gasteiger partial charge in [0.25, 0.3) is 5.91 Å². The molecule has 0 aliphatic heterocycles. The highest BCUT2D eigenvalue weighted by Crippen LogP contribution is 2.32. The summed E-state index contributed by atoms with van der Waals surface area (Å²) in [6.07, 6.45) is 4.54. The van der Waals surface area contributed by atoms with Crippen LogP contribution in [0.25, 0.3) is 17.1 Å². The quantitative estimate of drug-likeness (QED) is 0.272. The summed E-state index contributed by atoms with van der Waals surface area (Å²) in [4.78, 5) is 16.0. The van der Waals surface area contributed by atoms with E-state index in [1.165, 1.54) is 18.0 Å². The zero-order valence-electron chi connectivity index (χ0n) is 17.8. The molecular formula is C25H18N6O2S. The normalized spacial score (nSPS) is 11.1. The van der Waals surface area contributed by atoms with E-state index in [4.69, 9.17) is 4.42 Å². The summed E-state index contributed by atoms with van der Waals surface area (Å²) in [5.74, 6) is 0.900. The summed E-state index contributed by atoms with van der Waals surface area (Å²) < 4.78 is 7.84. The van der Waals surface area contributed by atoms with Gasteiger partial charge in [0.15, 0.2) is 10.9 Å². The minimum Gasteiger partial charge on any atom is -0.448 e. The van der Waals surface area contributed by atoms with Crippen LogP contribution in [0.2, 0.25) is 0 Å². The van der Waals surface area contributed by atoms with Gasteiger partial charge < -0.3 is 4.42 Å². The van der Waals surface area contributed by atoms with Crippen LogP contribution < -0.4 is 5.43 Å². The Bertz CT molecular complexity index is 1420. The van der Waals surface area contributed by atoms with Gasteiger partial charge in [-0.25, -0.2) is 5.43 Å². The first kappa shape index (κ1) is 21.4. The van der Waals surface area contributed by atoms with Gasteiger partial charge in [-0.15, -0.1) is 10.2 Å². The summed E-state index contributed by atoms with van der Waals surface area (Å²) >= 11 is 1.35. The predicted octanol–water partition coefficient (Wildman–Crippen LogP) is 4.84. The first-order chi connectivity index (χ1) is 16.8. The number of pyridine rings is 1. The van der Waals surface area contributed by atoms with Crippen molar-refractivity contribution in [1.82, 2.24) is 25.2 Å². The smallest absolute Gasteiger partial charge is 0.271 e. The Kier molecular flexibility index (Phi) is 6.26. The van der Waals surface area contributed by atoms with Crippen LogP contribution in [0.4, 0.5) is 0 Å². The molecule has 1 N–H and O–H groups in total. The van der Waals surface area contributed by atoms with Gasteiger partial charge in [0.1, 0.15) is 5.76 Å². The van der Waals surface area contributed by atoms with Crippen LogP contribution in [0.15, 0.2) is 117 Å². The minimum absolute atomic E-state index is 0.329. The number of hydrazone groups is 1. The second-order valence-corrected chi connectivity index (χ2v) is 8.01. The van der Waals surface area contributed by atoms with E-state index in [0.29, 0.717) is 21.6 Å². The Hall–Kier alpha value is -4.50. The van der Waals surface area contributed by atoms with Gasteiger partial charge in [-0.1, -0.05) is 48.5 Å². The van der Waals surface area contributed by atoms with Gasteiger partial charge in [-0.2, -0.15) is 5.10 Å². The number of nitrogens with zero attached hydrogens (tertiary/aromatic N) is 5. The summed E-state index contributed by atoms with van der Waals surface area (Å²) in [6.45, 7) is 0. The Morgan fingerprint density at radius 2 is 1.65 bits per heavy atom. The van der Waals surface area contributed by atoms with Gasteiger partial charge in [0.05, 0.1) is 6.21 Å². The zero-order chi connectivity index (χ0) is 23.2. The fourth-order valence-electron chi connectivity index (χ4n) is 3.19. The van der Waals surface area contributed by atoms with E-state index in [1.54, 1.807) is 30.6 Å². The van der Waals surface area contributed by atoms with Crippen LogP contribution in [-0.4, -0.2) is 31.9 Å². The van der Waals surface area contributed by atoms with E-state index in [9.17, 15) is 4.79 Å². The second-order valence-electron chi connectivity index (χ2n) is 7.04. The molecule has 0 spiro atoms. The third-order valence-electron chi connectivity index (χ3n) is 4.77. The SMILES string of the molecule is O=C(N/N=C/c1ccc(Sc2nnc(-c3ccccc3)n2-c2ccccc2)o1)c1ccncc1. The number of nitrogens with one attached hydrogen (secondary N) is 1. The Morgan fingerprint density at radius 1 is 0.912 bits per heavy atom. The van der Waals surface area contributed by atoms with Gasteiger partial charge in [0, 0.05) is 29.2 Å². The molecule has 5 rings (SSSR count). The Labute approximate surface area is 199 Å². The van der Waals surface area contributed by atoms with Crippen LogP contribution in [0, 0.1) is 0 Å². The molecule has 0 aliphatic rings. The second kappa shape index (κ2) is 9.97. The van der Waals surface area contributed by atoms with Crippen LogP contribution >= 0.6 is 11.8 Å². The number of furan rings is 1. The first-order valence-corrected chi connectivity index (χ1v) is 11.2. The fourth-order valence-corrected chi connectivity index (χ4v) is 4.01. The fraction of sp³-hybridized carbons (Fsp3) is 0. The number of rotatable bonds is 7. The van der Waals surface area contributed by atoms with E-state index >= 15 is 0 Å². The number of carbonyl (C=O) groups is 1. The van der Waals surface area contributed by atoms with E-state index < -0.39 is 0 Å². The number of carbonyl (C=O) groups excluding carboxylic acids is 1. The molecule has 0 unspecified atom stereocenters. The molecule has 34 heavy (non-hydrogen) atoms. The van der Waals surface area contributed by atoms with E-state index in [-0.39, 0.29) is 5.91 Å². The maximum Gasteiger partial charge on any atom is 0.271 e. The van der Waals surface area contributed by atoms with Crippen LogP contribution in [0.5, 0.6) is 0 Å². The number of hydrogen-bond donors (Lipinski definition) is 1. The van der Waals surface area contributed by atoms with E-state index in [0.717, 1.165) is 17.1 Å². The largest absolute Gasteiger partial charge is 0.448 e. The maximum atomic E-state index is 12.1. The van der Waals surface area contributed by atoms with Gasteiger partial charge in [0.2, 0.25) is 5.16 Å². The lowest BCUT2D eigenvalue weighted by molar-refractivity contribution is 0.0955. The molecule has 9 heteroatoms. The monoisotopic (exact) mass is 466 g/mol. The van der Waals surface area contributed by atoms with Gasteiger partial charge in [-0.05, 0) is 48.2 Å². The van der Waals surface area contributed by atoms with Crippen molar-refractivity contribution in [3.05, 3.63) is 109 Å². The lowest BCUT2D eigenvalue weighted by atomic mass is 10.2. The molecule has 5 aromatic rings. The molecule has 0 bridgehead atoms. The molecule has 0 fully saturated rings. The third-order valence-corrected chi connectivity index (χ3v) is 5.64. The van der Waals surface area contributed by atoms with Crippen molar-refractivity contribution in [3.8, 4) is 17.1 Å². The number of amides is 1. The summed E-state index contributed by atoms with van der Waals surface area (Å²) in [6, 6.07) is 26.6. The molecule has 3 heterocycles. The molecule has 8 nitrogen and oxygen atoms in total. The van der Waals surface area contributed by atoms with Gasteiger partial charge in [-0.3, -0.25) is 14.3 Å².